The third-order valence-electron chi connectivity index (χ3n) is 0.579. The largest absolute Gasteiger partial charge is 0.409 e. The molecule has 0 nitrogen and oxygen atoms in total. The lowest BCUT2D eigenvalue weighted by Gasteiger charge is -1.97. The highest BCUT2D eigenvalue weighted by Crippen LogP contribution is 2.13. The Morgan fingerprint density at radius 2 is 1.42 bits per heavy atom. The second kappa shape index (κ2) is 6.87. The second-order valence-electron chi connectivity index (χ2n) is 1.76. The fraction of sp³-hybridized carbons (Fsp3) is 0.667. The van der Waals surface area contributed by atoms with E-state index in [0.717, 1.165) is 0 Å². The molecule has 0 aromatic carbocycles. The molecule has 0 heterocycles. The highest BCUT2D eigenvalue weighted by molar-refractivity contribution is 6.48. The van der Waals surface area contributed by atoms with Crippen molar-refractivity contribution in [2.24, 2.45) is 0 Å². The third kappa shape index (κ3) is 16.8. The summed E-state index contributed by atoms with van der Waals surface area (Å²) in [5, 5.41) is -0.145. The Morgan fingerprint density at radius 1 is 1.25 bits per heavy atom. The van der Waals surface area contributed by atoms with Crippen LogP contribution in [0.4, 0.5) is 13.2 Å². The van der Waals surface area contributed by atoms with Crippen molar-refractivity contribution in [3.8, 4) is 0 Å². The van der Waals surface area contributed by atoms with Crippen LogP contribution in [0.1, 0.15) is 6.92 Å². The molecule has 0 amide bonds. The maximum atomic E-state index is 10.7. The van der Waals surface area contributed by atoms with Crippen LogP contribution in [0.25, 0.3) is 0 Å². The molecule has 0 saturated heterocycles. The van der Waals surface area contributed by atoms with Gasteiger partial charge in [0.05, 0.1) is 5.38 Å². The minimum absolute atomic E-state index is 0.0625. The van der Waals surface area contributed by atoms with Gasteiger partial charge in [0.25, 0.3) is 0 Å². The lowest BCUT2D eigenvalue weighted by molar-refractivity contribution is -0.0795. The van der Waals surface area contributed by atoms with Gasteiger partial charge in [0.1, 0.15) is 4.84 Å². The van der Waals surface area contributed by atoms with Crippen LogP contribution in [0.15, 0.2) is 12.7 Å². The van der Waals surface area contributed by atoms with E-state index in [9.17, 15) is 13.2 Å². The molecule has 0 spiro atoms. The van der Waals surface area contributed by atoms with Crippen molar-refractivity contribution in [3.63, 3.8) is 0 Å². The van der Waals surface area contributed by atoms with Crippen molar-refractivity contribution in [1.29, 1.82) is 0 Å². The predicted molar refractivity (Wildman–Crippen MR) is 47.1 cm³/mol. The molecular formula is C6H8Cl3F3. The number of alkyl halides is 6. The average molecular weight is 243 g/mol. The molecule has 0 rings (SSSR count). The molecular weight excluding hydrogens is 235 g/mol. The van der Waals surface area contributed by atoms with Crippen LogP contribution < -0.4 is 0 Å². The average Bonchev–Trinajstić information content (AvgIpc) is 1.87. The first-order valence-electron chi connectivity index (χ1n) is 2.83. The molecule has 74 valence electrons. The number of hydrogen-bond acceptors (Lipinski definition) is 0. The lowest BCUT2D eigenvalue weighted by atomic mass is 10.6. The van der Waals surface area contributed by atoms with Gasteiger partial charge in [-0.15, -0.1) is 34.8 Å². The van der Waals surface area contributed by atoms with Gasteiger partial charge in [-0.3, -0.25) is 0 Å². The van der Waals surface area contributed by atoms with Gasteiger partial charge >= 0.3 is 6.18 Å². The van der Waals surface area contributed by atoms with Crippen molar-refractivity contribution >= 4 is 34.8 Å². The van der Waals surface area contributed by atoms with Crippen molar-refractivity contribution in [1.82, 2.24) is 0 Å². The predicted octanol–water partition coefficient (Wildman–Crippen LogP) is 4.15. The Kier molecular flexibility index (Phi) is 8.53. The highest BCUT2D eigenvalue weighted by atomic mass is 35.5. The van der Waals surface area contributed by atoms with Crippen LogP contribution >= 0.6 is 34.8 Å². The quantitative estimate of drug-likeness (QED) is 0.479. The van der Waals surface area contributed by atoms with E-state index < -0.39 is 11.0 Å². The first kappa shape index (κ1) is 14.9. The summed E-state index contributed by atoms with van der Waals surface area (Å²) >= 11 is 15.8. The summed E-state index contributed by atoms with van der Waals surface area (Å²) in [6, 6.07) is 0. The lowest BCUT2D eigenvalue weighted by Crippen LogP contribution is -2.00. The molecule has 1 atom stereocenters. The molecule has 0 fully saturated rings. The van der Waals surface area contributed by atoms with E-state index in [1.54, 1.807) is 6.92 Å². The molecule has 0 aromatic heterocycles. The molecule has 0 aliphatic heterocycles. The minimum atomic E-state index is -4.19. The molecule has 0 aliphatic carbocycles. The maximum Gasteiger partial charge on any atom is 0.409 e. The summed E-state index contributed by atoms with van der Waals surface area (Å²) in [5.74, 6) is 0. The Labute approximate surface area is 84.3 Å². The summed E-state index contributed by atoms with van der Waals surface area (Å²) in [7, 11) is 0. The fourth-order valence-corrected chi connectivity index (χ4v) is 0. The summed E-state index contributed by atoms with van der Waals surface area (Å²) < 4.78 is 32.0. The van der Waals surface area contributed by atoms with E-state index in [1.165, 1.54) is 0 Å². The Bertz CT molecular complexity index is 114. The van der Waals surface area contributed by atoms with Crippen molar-refractivity contribution < 1.29 is 13.2 Å². The zero-order valence-corrected chi connectivity index (χ0v) is 8.47. The van der Waals surface area contributed by atoms with Crippen LogP contribution in [-0.4, -0.2) is 16.4 Å². The smallest absolute Gasteiger partial charge is 0.167 e. The summed E-state index contributed by atoms with van der Waals surface area (Å²) in [5.41, 5.74) is 0. The van der Waals surface area contributed by atoms with Gasteiger partial charge in [0.15, 0.2) is 0 Å². The summed E-state index contributed by atoms with van der Waals surface area (Å²) in [6.07, 6.45) is -4.26. The number of hydrogen-bond donors (Lipinski definition) is 0. The van der Waals surface area contributed by atoms with Gasteiger partial charge in [0, 0.05) is 6.08 Å². The number of allylic oxidation sites excluding steroid dienone is 1. The molecule has 0 bridgehead atoms. The first-order chi connectivity index (χ1) is 5.20. The zero-order chi connectivity index (χ0) is 10.4. The Balaban J connectivity index is 0. The monoisotopic (exact) mass is 242 g/mol. The minimum Gasteiger partial charge on any atom is -0.167 e. The van der Waals surface area contributed by atoms with E-state index >= 15 is 0 Å². The normalized spacial score (nSPS) is 13.3. The van der Waals surface area contributed by atoms with Gasteiger partial charge in [0.2, 0.25) is 0 Å². The van der Waals surface area contributed by atoms with Crippen LogP contribution in [0.2, 0.25) is 0 Å². The maximum absolute atomic E-state index is 10.7. The highest BCUT2D eigenvalue weighted by Gasteiger charge is 2.19. The van der Waals surface area contributed by atoms with E-state index in [1.807, 2.05) is 0 Å². The molecule has 12 heavy (non-hydrogen) atoms. The zero-order valence-electron chi connectivity index (χ0n) is 6.21. The molecule has 0 saturated carbocycles. The fourth-order valence-electron chi connectivity index (χ4n) is 0. The van der Waals surface area contributed by atoms with Gasteiger partial charge < -0.3 is 0 Å². The summed E-state index contributed by atoms with van der Waals surface area (Å²) in [4.78, 5) is -0.438. The molecule has 0 aromatic rings. The Morgan fingerprint density at radius 3 is 1.42 bits per heavy atom. The topological polar surface area (TPSA) is 0 Å². The van der Waals surface area contributed by atoms with Crippen molar-refractivity contribution in [2.75, 3.05) is 0 Å². The van der Waals surface area contributed by atoms with Gasteiger partial charge in [-0.05, 0) is 6.92 Å². The number of rotatable bonds is 1. The first-order valence-corrected chi connectivity index (χ1v) is 4.14. The van der Waals surface area contributed by atoms with Crippen LogP contribution in [0.5, 0.6) is 0 Å². The summed E-state index contributed by atoms with van der Waals surface area (Å²) in [6.45, 7) is 4.25. The van der Waals surface area contributed by atoms with E-state index in [0.29, 0.717) is 0 Å². The van der Waals surface area contributed by atoms with Gasteiger partial charge in [-0.25, -0.2) is 0 Å². The van der Waals surface area contributed by atoms with Gasteiger partial charge in [-0.2, -0.15) is 13.2 Å². The van der Waals surface area contributed by atoms with Crippen molar-refractivity contribution in [2.45, 2.75) is 23.3 Å². The SMILES string of the molecule is C=CC(F)(F)F.CC(Cl)C(Cl)Cl. The van der Waals surface area contributed by atoms with Crippen LogP contribution in [0, 0.1) is 0 Å². The van der Waals surface area contributed by atoms with E-state index in [4.69, 9.17) is 34.8 Å². The number of halogens is 6. The molecule has 0 N–H and O–H groups in total. The Hall–Kier alpha value is 0.400. The van der Waals surface area contributed by atoms with Crippen molar-refractivity contribution in [3.05, 3.63) is 12.7 Å². The van der Waals surface area contributed by atoms with E-state index in [2.05, 4.69) is 6.58 Å². The van der Waals surface area contributed by atoms with Crippen LogP contribution in [0.3, 0.4) is 0 Å². The third-order valence-corrected chi connectivity index (χ3v) is 1.84. The molecule has 6 heteroatoms. The molecule has 0 radical (unpaired) electrons. The molecule has 0 aliphatic rings. The van der Waals surface area contributed by atoms with Crippen LogP contribution in [-0.2, 0) is 0 Å². The standard InChI is InChI=1S/C3H5Cl3.C3H3F3/c1-2(4)3(5)6;1-2-3(4,5)6/h2-3H,1H3;2H,1H2. The second-order valence-corrected chi connectivity index (χ2v) is 3.61. The van der Waals surface area contributed by atoms with E-state index in [-0.39, 0.29) is 11.5 Å². The van der Waals surface area contributed by atoms with Gasteiger partial charge in [-0.1, -0.05) is 6.58 Å². The molecule has 1 unspecified atom stereocenters.